The lowest BCUT2D eigenvalue weighted by atomic mass is 10.1. The number of likely N-dealkylation sites (N-methyl/N-ethyl adjacent to an activating group) is 1. The second-order valence-corrected chi connectivity index (χ2v) is 5.62. The van der Waals surface area contributed by atoms with Crippen LogP contribution >= 0.6 is 0 Å². The number of nitrogens with zero attached hydrogens (tertiary/aromatic N) is 3. The molecule has 6 heteroatoms. The van der Waals surface area contributed by atoms with Gasteiger partial charge in [-0.25, -0.2) is 4.98 Å². The van der Waals surface area contributed by atoms with Gasteiger partial charge in [-0.2, -0.15) is 4.98 Å². The summed E-state index contributed by atoms with van der Waals surface area (Å²) in [6.07, 6.45) is 3.72. The van der Waals surface area contributed by atoms with E-state index in [9.17, 15) is 0 Å². The second-order valence-electron chi connectivity index (χ2n) is 5.62. The largest absolute Gasteiger partial charge is 0.368 e. The molecule has 0 atom stereocenters. The van der Waals surface area contributed by atoms with Crippen molar-refractivity contribution in [3.63, 3.8) is 0 Å². The van der Waals surface area contributed by atoms with Gasteiger partial charge >= 0.3 is 0 Å². The summed E-state index contributed by atoms with van der Waals surface area (Å²) in [6, 6.07) is 2.62. The molecule has 1 aliphatic rings. The molecule has 1 fully saturated rings. The molecule has 0 saturated carbocycles. The van der Waals surface area contributed by atoms with Gasteiger partial charge in [0.15, 0.2) is 0 Å². The number of hydrogen-bond acceptors (Lipinski definition) is 6. The molecule has 0 aliphatic carbocycles. The van der Waals surface area contributed by atoms with E-state index in [-0.39, 0.29) is 0 Å². The molecule has 2 rings (SSSR count). The Morgan fingerprint density at radius 2 is 2.10 bits per heavy atom. The topological polar surface area (TPSA) is 79.1 Å². The molecular weight excluding hydrogens is 264 g/mol. The second kappa shape index (κ2) is 8.14. The molecule has 0 bridgehead atoms. The molecule has 1 aromatic rings. The fourth-order valence-electron chi connectivity index (χ4n) is 2.56. The van der Waals surface area contributed by atoms with Crippen LogP contribution < -0.4 is 21.3 Å². The van der Waals surface area contributed by atoms with Gasteiger partial charge in [0.05, 0.1) is 5.69 Å². The lowest BCUT2D eigenvalue weighted by molar-refractivity contribution is 0.426. The van der Waals surface area contributed by atoms with Gasteiger partial charge in [-0.15, -0.1) is 0 Å². The van der Waals surface area contributed by atoms with Crippen molar-refractivity contribution in [3.8, 4) is 0 Å². The zero-order valence-electron chi connectivity index (χ0n) is 13.2. The van der Waals surface area contributed by atoms with Crippen LogP contribution in [-0.4, -0.2) is 42.2 Å². The quantitative estimate of drug-likeness (QED) is 0.592. The number of anilines is 2. The molecule has 21 heavy (non-hydrogen) atoms. The maximum Gasteiger partial charge on any atom is 0.222 e. The van der Waals surface area contributed by atoms with Gasteiger partial charge in [0.2, 0.25) is 5.95 Å². The number of hydrogen-bond donors (Lipinski definition) is 3. The van der Waals surface area contributed by atoms with Crippen LogP contribution in [0, 0.1) is 0 Å². The lowest BCUT2D eigenvalue weighted by Gasteiger charge is -2.40. The minimum absolute atomic E-state index is 0.366. The Hall–Kier alpha value is -1.40. The highest BCUT2D eigenvalue weighted by Crippen LogP contribution is 2.20. The molecule has 1 aliphatic heterocycles. The number of rotatable bonds is 9. The molecule has 2 heterocycles. The van der Waals surface area contributed by atoms with E-state index in [1.54, 1.807) is 0 Å². The lowest BCUT2D eigenvalue weighted by Crippen LogP contribution is -2.58. The van der Waals surface area contributed by atoms with Gasteiger partial charge < -0.3 is 21.3 Å². The van der Waals surface area contributed by atoms with Crippen molar-refractivity contribution in [1.29, 1.82) is 0 Å². The summed E-state index contributed by atoms with van der Waals surface area (Å²) in [6.45, 7) is 9.13. The Balaban J connectivity index is 1.83. The van der Waals surface area contributed by atoms with Crippen LogP contribution in [0.3, 0.4) is 0 Å². The number of unbranched alkanes of at least 4 members (excludes halogenated alkanes) is 2. The Kier molecular flexibility index (Phi) is 6.20. The summed E-state index contributed by atoms with van der Waals surface area (Å²) in [7, 11) is 0. The van der Waals surface area contributed by atoms with Gasteiger partial charge in [0, 0.05) is 31.7 Å². The van der Waals surface area contributed by atoms with Crippen molar-refractivity contribution in [3.05, 3.63) is 11.8 Å². The normalized spacial score (nSPS) is 15.2. The van der Waals surface area contributed by atoms with E-state index < -0.39 is 0 Å². The van der Waals surface area contributed by atoms with Crippen LogP contribution in [0.1, 0.15) is 38.8 Å². The Morgan fingerprint density at radius 3 is 2.81 bits per heavy atom. The Bertz CT molecular complexity index is 430. The zero-order valence-corrected chi connectivity index (χ0v) is 13.2. The average Bonchev–Trinajstić information content (AvgIpc) is 2.41. The summed E-state index contributed by atoms with van der Waals surface area (Å²) < 4.78 is 0. The highest BCUT2D eigenvalue weighted by atomic mass is 15.3. The Morgan fingerprint density at radius 1 is 1.29 bits per heavy atom. The maximum absolute atomic E-state index is 5.83. The van der Waals surface area contributed by atoms with Gasteiger partial charge in [0.1, 0.15) is 5.82 Å². The van der Waals surface area contributed by atoms with E-state index >= 15 is 0 Å². The molecule has 0 unspecified atom stereocenters. The van der Waals surface area contributed by atoms with Crippen molar-refractivity contribution in [2.75, 3.05) is 36.8 Å². The predicted molar refractivity (Wildman–Crippen MR) is 87.4 cm³/mol. The molecule has 0 aromatic carbocycles. The number of nitrogens with one attached hydrogen (secondary N) is 2. The van der Waals surface area contributed by atoms with Crippen LogP contribution in [0.4, 0.5) is 11.8 Å². The molecule has 118 valence electrons. The number of nitrogen functional groups attached to an aromatic ring is 1. The van der Waals surface area contributed by atoms with E-state index in [1.165, 1.54) is 19.3 Å². The average molecular weight is 292 g/mol. The summed E-state index contributed by atoms with van der Waals surface area (Å²) in [5.74, 6) is 1.31. The zero-order chi connectivity index (χ0) is 15.1. The first-order valence-electron chi connectivity index (χ1n) is 8.05. The van der Waals surface area contributed by atoms with E-state index in [0.717, 1.165) is 44.2 Å². The van der Waals surface area contributed by atoms with Gasteiger partial charge in [-0.1, -0.05) is 26.7 Å². The third-order valence-corrected chi connectivity index (χ3v) is 3.74. The highest BCUT2D eigenvalue weighted by molar-refractivity contribution is 5.46. The smallest absolute Gasteiger partial charge is 0.222 e. The van der Waals surface area contributed by atoms with Crippen LogP contribution in [0.15, 0.2) is 6.07 Å². The molecule has 4 N–H and O–H groups in total. The maximum atomic E-state index is 5.83. The minimum atomic E-state index is 0.366. The Labute approximate surface area is 127 Å². The van der Waals surface area contributed by atoms with Crippen molar-refractivity contribution in [1.82, 2.24) is 20.6 Å². The van der Waals surface area contributed by atoms with Crippen LogP contribution in [-0.2, 0) is 6.54 Å². The third kappa shape index (κ3) is 4.82. The van der Waals surface area contributed by atoms with Crippen LogP contribution in [0.25, 0.3) is 0 Å². The van der Waals surface area contributed by atoms with Gasteiger partial charge in [-0.3, -0.25) is 0 Å². The molecule has 0 radical (unpaired) electrons. The van der Waals surface area contributed by atoms with Crippen molar-refractivity contribution in [2.45, 2.75) is 45.7 Å². The monoisotopic (exact) mass is 292 g/mol. The third-order valence-electron chi connectivity index (χ3n) is 3.74. The number of nitrogens with two attached hydrogens (primary N) is 1. The van der Waals surface area contributed by atoms with Gasteiger partial charge in [-0.05, 0) is 19.5 Å². The van der Waals surface area contributed by atoms with Crippen molar-refractivity contribution >= 4 is 11.8 Å². The predicted octanol–water partition coefficient (Wildman–Crippen LogP) is 1.14. The summed E-state index contributed by atoms with van der Waals surface area (Å²) in [5.41, 5.74) is 6.80. The molecular formula is C15H28N6. The van der Waals surface area contributed by atoms with Crippen molar-refractivity contribution in [2.24, 2.45) is 0 Å². The molecule has 0 amide bonds. The SMILES string of the molecule is CCCCCNCc1cc(N2CC(NCC)C2)nc(N)n1. The molecule has 6 nitrogen and oxygen atoms in total. The first-order chi connectivity index (χ1) is 10.2. The van der Waals surface area contributed by atoms with Gasteiger partial charge in [0.25, 0.3) is 0 Å². The molecule has 1 aromatic heterocycles. The van der Waals surface area contributed by atoms with Crippen LogP contribution in [0.5, 0.6) is 0 Å². The standard InChI is InChI=1S/C15H28N6/c1-3-5-6-7-17-9-12-8-14(20-15(16)19-12)21-10-13(11-21)18-4-2/h8,13,17-18H,3-7,9-11H2,1-2H3,(H2,16,19,20). The van der Waals surface area contributed by atoms with E-state index in [4.69, 9.17) is 5.73 Å². The number of aromatic nitrogens is 2. The highest BCUT2D eigenvalue weighted by Gasteiger charge is 2.27. The fourth-order valence-corrected chi connectivity index (χ4v) is 2.56. The molecule has 0 spiro atoms. The minimum Gasteiger partial charge on any atom is -0.368 e. The fraction of sp³-hybridized carbons (Fsp3) is 0.733. The van der Waals surface area contributed by atoms with Crippen LogP contribution in [0.2, 0.25) is 0 Å². The van der Waals surface area contributed by atoms with E-state index in [1.807, 2.05) is 6.07 Å². The van der Waals surface area contributed by atoms with E-state index in [0.29, 0.717) is 12.0 Å². The summed E-state index contributed by atoms with van der Waals surface area (Å²) in [4.78, 5) is 10.9. The molecule has 1 saturated heterocycles. The van der Waals surface area contributed by atoms with Crippen molar-refractivity contribution < 1.29 is 0 Å². The van der Waals surface area contributed by atoms with E-state index in [2.05, 4.69) is 39.3 Å². The summed E-state index contributed by atoms with van der Waals surface area (Å²) in [5, 5.41) is 6.85. The summed E-state index contributed by atoms with van der Waals surface area (Å²) >= 11 is 0. The first kappa shape index (κ1) is 16.0. The first-order valence-corrected chi connectivity index (χ1v) is 8.05.